The molecule has 9 heteroatoms. The van der Waals surface area contributed by atoms with E-state index in [9.17, 15) is 19.2 Å². The first-order valence-electron chi connectivity index (χ1n) is 8.97. The van der Waals surface area contributed by atoms with Crippen molar-refractivity contribution in [1.29, 1.82) is 0 Å². The van der Waals surface area contributed by atoms with Crippen molar-refractivity contribution in [3.63, 3.8) is 0 Å². The number of imide groups is 1. The van der Waals surface area contributed by atoms with E-state index in [2.05, 4.69) is 21.4 Å². The van der Waals surface area contributed by atoms with Gasteiger partial charge in [-0.3, -0.25) is 24.6 Å². The zero-order valence-corrected chi connectivity index (χ0v) is 18.2. The number of hydrazine groups is 1. The molecule has 0 aliphatic carbocycles. The zero-order chi connectivity index (χ0) is 21.8. The molecule has 1 fully saturated rings. The molecule has 1 unspecified atom stereocenters. The van der Waals surface area contributed by atoms with Crippen molar-refractivity contribution < 1.29 is 19.2 Å². The minimum absolute atomic E-state index is 0.273. The molecule has 1 saturated heterocycles. The van der Waals surface area contributed by atoms with E-state index in [0.717, 1.165) is 9.91 Å². The van der Waals surface area contributed by atoms with Crippen LogP contribution in [0.15, 0.2) is 65.2 Å². The van der Waals surface area contributed by atoms with E-state index in [4.69, 9.17) is 11.6 Å². The van der Waals surface area contributed by atoms with Crippen LogP contribution in [-0.4, -0.2) is 34.7 Å². The van der Waals surface area contributed by atoms with Gasteiger partial charge in [-0.1, -0.05) is 35.9 Å². The van der Waals surface area contributed by atoms with E-state index >= 15 is 0 Å². The summed E-state index contributed by atoms with van der Waals surface area (Å²) in [6.07, 6.45) is 2.42. The molecule has 1 N–H and O–H groups in total. The van der Waals surface area contributed by atoms with Crippen LogP contribution in [0.4, 0.5) is 5.69 Å². The summed E-state index contributed by atoms with van der Waals surface area (Å²) < 4.78 is 0.523. The lowest BCUT2D eigenvalue weighted by molar-refractivity contribution is -0.137. The summed E-state index contributed by atoms with van der Waals surface area (Å²) in [7, 11) is 0. The van der Waals surface area contributed by atoms with Crippen LogP contribution in [0, 0.1) is 0 Å². The van der Waals surface area contributed by atoms with Crippen molar-refractivity contribution >= 4 is 56.8 Å². The van der Waals surface area contributed by atoms with Gasteiger partial charge < -0.3 is 0 Å². The van der Waals surface area contributed by atoms with Crippen LogP contribution in [0.25, 0.3) is 0 Å². The van der Waals surface area contributed by atoms with Gasteiger partial charge in [0, 0.05) is 15.6 Å². The molecule has 2 aromatic rings. The van der Waals surface area contributed by atoms with E-state index in [-0.39, 0.29) is 12.0 Å². The van der Waals surface area contributed by atoms with Crippen molar-refractivity contribution in [3.05, 3.63) is 75.7 Å². The zero-order valence-electron chi connectivity index (χ0n) is 15.8. The molecule has 1 aliphatic heterocycles. The molecule has 154 valence electrons. The van der Waals surface area contributed by atoms with E-state index in [1.807, 2.05) is 0 Å². The molecule has 1 atom stereocenters. The average Bonchev–Trinajstić information content (AvgIpc) is 3.00. The maximum absolute atomic E-state index is 13.0. The Labute approximate surface area is 186 Å². The summed E-state index contributed by atoms with van der Waals surface area (Å²) in [6, 6.07) is 11.8. The van der Waals surface area contributed by atoms with E-state index in [1.54, 1.807) is 49.4 Å². The van der Waals surface area contributed by atoms with Gasteiger partial charge in [0.05, 0.1) is 17.7 Å². The largest absolute Gasteiger partial charge is 0.274 e. The van der Waals surface area contributed by atoms with Crippen LogP contribution < -0.4 is 10.3 Å². The molecule has 0 bridgehead atoms. The number of amides is 4. The second kappa shape index (κ2) is 9.23. The number of carbonyl (C=O) groups is 4. The van der Waals surface area contributed by atoms with Crippen LogP contribution in [0.1, 0.15) is 23.7 Å². The lowest BCUT2D eigenvalue weighted by Gasteiger charge is -2.27. The second-order valence-electron chi connectivity index (χ2n) is 6.40. The van der Waals surface area contributed by atoms with Gasteiger partial charge in [-0.25, -0.2) is 9.91 Å². The van der Waals surface area contributed by atoms with E-state index in [0.29, 0.717) is 15.2 Å². The predicted molar refractivity (Wildman–Crippen MR) is 116 cm³/mol. The number of anilines is 1. The minimum atomic E-state index is -1.19. The lowest BCUT2D eigenvalue weighted by Crippen LogP contribution is -2.54. The van der Waals surface area contributed by atoms with Crippen LogP contribution >= 0.6 is 27.5 Å². The van der Waals surface area contributed by atoms with Crippen molar-refractivity contribution in [1.82, 2.24) is 10.4 Å². The third-order valence-electron chi connectivity index (χ3n) is 4.39. The summed E-state index contributed by atoms with van der Waals surface area (Å²) in [6.45, 7) is 1.63. The minimum Gasteiger partial charge on any atom is -0.274 e. The number of benzene rings is 2. The molecular formula is C21H17BrClN3O4. The Balaban J connectivity index is 1.92. The summed E-state index contributed by atoms with van der Waals surface area (Å²) in [5.41, 5.74) is 3.05. The van der Waals surface area contributed by atoms with Crippen LogP contribution in [0.2, 0.25) is 5.02 Å². The highest BCUT2D eigenvalue weighted by molar-refractivity contribution is 9.10. The Kier molecular flexibility index (Phi) is 6.69. The fourth-order valence-electron chi connectivity index (χ4n) is 3.03. The number of hydrogen-bond donors (Lipinski definition) is 1. The third kappa shape index (κ3) is 4.44. The number of halogens is 2. The van der Waals surface area contributed by atoms with Gasteiger partial charge in [-0.15, -0.1) is 0 Å². The SMILES string of the molecule is CC=CC(=O)N(NC(=O)c1ccccc1Br)C1CC(=O)N(c2cccc(Cl)c2)C1=O. The smallest absolute Gasteiger partial charge is 0.271 e. The van der Waals surface area contributed by atoms with Gasteiger partial charge in [0.15, 0.2) is 0 Å². The van der Waals surface area contributed by atoms with Gasteiger partial charge in [0.1, 0.15) is 6.04 Å². The fourth-order valence-corrected chi connectivity index (χ4v) is 3.68. The second-order valence-corrected chi connectivity index (χ2v) is 7.69. The Bertz CT molecular complexity index is 1060. The monoisotopic (exact) mass is 489 g/mol. The maximum Gasteiger partial charge on any atom is 0.271 e. The van der Waals surface area contributed by atoms with Gasteiger partial charge >= 0.3 is 0 Å². The Morgan fingerprint density at radius 3 is 2.60 bits per heavy atom. The van der Waals surface area contributed by atoms with E-state index in [1.165, 1.54) is 18.2 Å². The Hall–Kier alpha value is -2.97. The predicted octanol–water partition coefficient (Wildman–Crippen LogP) is 3.48. The molecule has 0 spiro atoms. The summed E-state index contributed by atoms with van der Waals surface area (Å²) in [4.78, 5) is 52.0. The molecule has 2 aromatic carbocycles. The summed E-state index contributed by atoms with van der Waals surface area (Å²) in [5.74, 6) is -2.35. The average molecular weight is 491 g/mol. The molecular weight excluding hydrogens is 474 g/mol. The van der Waals surface area contributed by atoms with Crippen molar-refractivity contribution in [2.45, 2.75) is 19.4 Å². The van der Waals surface area contributed by atoms with E-state index < -0.39 is 29.7 Å². The number of rotatable bonds is 4. The van der Waals surface area contributed by atoms with Gasteiger partial charge in [0.25, 0.3) is 17.7 Å². The van der Waals surface area contributed by atoms with Crippen LogP contribution in [-0.2, 0) is 14.4 Å². The summed E-state index contributed by atoms with van der Waals surface area (Å²) >= 11 is 9.26. The third-order valence-corrected chi connectivity index (χ3v) is 5.31. The number of carbonyl (C=O) groups excluding carboxylic acids is 4. The van der Waals surface area contributed by atoms with Crippen molar-refractivity contribution in [2.24, 2.45) is 0 Å². The van der Waals surface area contributed by atoms with Gasteiger partial charge in [-0.05, 0) is 53.2 Å². The molecule has 30 heavy (non-hydrogen) atoms. The Morgan fingerprint density at radius 1 is 1.20 bits per heavy atom. The molecule has 1 aliphatic rings. The van der Waals surface area contributed by atoms with Crippen LogP contribution in [0.3, 0.4) is 0 Å². The highest BCUT2D eigenvalue weighted by atomic mass is 79.9. The normalized spacial score (nSPS) is 16.2. The number of nitrogens with zero attached hydrogens (tertiary/aromatic N) is 2. The summed E-state index contributed by atoms with van der Waals surface area (Å²) in [5, 5.41) is 1.26. The van der Waals surface area contributed by atoms with Crippen molar-refractivity contribution in [3.8, 4) is 0 Å². The maximum atomic E-state index is 13.0. The molecule has 0 aromatic heterocycles. The van der Waals surface area contributed by atoms with Gasteiger partial charge in [-0.2, -0.15) is 0 Å². The highest BCUT2D eigenvalue weighted by Gasteiger charge is 2.45. The molecule has 3 rings (SSSR count). The quantitative estimate of drug-likeness (QED) is 0.404. The molecule has 0 radical (unpaired) electrons. The Morgan fingerprint density at radius 2 is 1.93 bits per heavy atom. The number of allylic oxidation sites excluding steroid dienone is 1. The van der Waals surface area contributed by atoms with Crippen LogP contribution in [0.5, 0.6) is 0 Å². The first kappa shape index (κ1) is 21.7. The standard InChI is InChI=1S/C21H17BrClN3O4/c1-2-6-18(27)26(24-20(29)15-9-3-4-10-16(15)22)17-12-19(28)25(21(17)30)14-8-5-7-13(23)11-14/h2-11,17H,12H2,1H3,(H,24,29). The molecule has 4 amide bonds. The lowest BCUT2D eigenvalue weighted by atomic mass is 10.2. The fraction of sp³-hybridized carbons (Fsp3) is 0.143. The molecule has 0 saturated carbocycles. The molecule has 1 heterocycles. The number of nitrogens with one attached hydrogen (secondary N) is 1. The van der Waals surface area contributed by atoms with Crippen molar-refractivity contribution in [2.75, 3.05) is 4.90 Å². The first-order chi connectivity index (χ1) is 14.3. The number of hydrogen-bond acceptors (Lipinski definition) is 4. The highest BCUT2D eigenvalue weighted by Crippen LogP contribution is 2.27. The van der Waals surface area contributed by atoms with Gasteiger partial charge in [0.2, 0.25) is 5.91 Å². The molecule has 7 nitrogen and oxygen atoms in total. The topological polar surface area (TPSA) is 86.8 Å². The first-order valence-corrected chi connectivity index (χ1v) is 10.1.